The van der Waals surface area contributed by atoms with E-state index < -0.39 is 12.8 Å². The molecule has 1 aromatic carbocycles. The second-order valence-electron chi connectivity index (χ2n) is 7.32. The first-order valence-corrected chi connectivity index (χ1v) is 11.6. The van der Waals surface area contributed by atoms with Gasteiger partial charge in [0, 0.05) is 18.0 Å². The van der Waals surface area contributed by atoms with Gasteiger partial charge in [-0.25, -0.2) is 9.37 Å². The van der Waals surface area contributed by atoms with Crippen LogP contribution in [0.5, 0.6) is 5.75 Å². The van der Waals surface area contributed by atoms with E-state index in [4.69, 9.17) is 4.74 Å². The van der Waals surface area contributed by atoms with E-state index in [0.717, 1.165) is 0 Å². The van der Waals surface area contributed by atoms with Crippen molar-refractivity contribution in [3.8, 4) is 29.0 Å². The summed E-state index contributed by atoms with van der Waals surface area (Å²) in [6, 6.07) is 10.7. The number of nitrogens with zero attached hydrogens (tertiary/aromatic N) is 6. The highest BCUT2D eigenvalue weighted by molar-refractivity contribution is 8.00. The van der Waals surface area contributed by atoms with Gasteiger partial charge < -0.3 is 14.4 Å². The minimum absolute atomic E-state index is 0.0805. The summed E-state index contributed by atoms with van der Waals surface area (Å²) in [6.07, 6.45) is 0.477. The molecule has 36 heavy (non-hydrogen) atoms. The number of nitriles is 2. The van der Waals surface area contributed by atoms with Crippen molar-refractivity contribution in [2.45, 2.75) is 17.8 Å². The number of anilines is 1. The number of thioether (sulfide) groups is 1. The largest absolute Gasteiger partial charge is 0.491 e. The zero-order chi connectivity index (χ0) is 26.1. The fourth-order valence-corrected chi connectivity index (χ4v) is 4.26. The van der Waals surface area contributed by atoms with Gasteiger partial charge in [0.1, 0.15) is 47.1 Å². The van der Waals surface area contributed by atoms with Crippen LogP contribution in [0.2, 0.25) is 0 Å². The lowest BCUT2D eigenvalue weighted by Gasteiger charge is -2.36. The van der Waals surface area contributed by atoms with Crippen LogP contribution < -0.4 is 9.64 Å². The van der Waals surface area contributed by atoms with E-state index in [-0.39, 0.29) is 49.0 Å². The first-order chi connectivity index (χ1) is 17.4. The topological polar surface area (TPSA) is 107 Å². The molecule has 0 saturated carbocycles. The molecule has 0 N–H and O–H groups in total. The number of aromatic nitrogens is 1. The Morgan fingerprint density at radius 2 is 1.92 bits per heavy atom. The number of halogens is 3. The van der Waals surface area contributed by atoms with Crippen LogP contribution in [0.15, 0.2) is 52.1 Å². The molecule has 1 fully saturated rings. The highest BCUT2D eigenvalue weighted by atomic mass is 32.2. The van der Waals surface area contributed by atoms with Crippen molar-refractivity contribution in [2.24, 2.45) is 10.2 Å². The summed E-state index contributed by atoms with van der Waals surface area (Å²) in [4.78, 5) is 6.19. The van der Waals surface area contributed by atoms with Crippen molar-refractivity contribution in [2.75, 3.05) is 37.0 Å². The van der Waals surface area contributed by atoms with Gasteiger partial charge in [0.05, 0.1) is 31.0 Å². The quantitative estimate of drug-likeness (QED) is 0.176. The van der Waals surface area contributed by atoms with Crippen LogP contribution in [-0.4, -0.2) is 62.3 Å². The molecule has 186 valence electrons. The Balaban J connectivity index is 2.01. The van der Waals surface area contributed by atoms with Gasteiger partial charge in [-0.2, -0.15) is 29.5 Å². The minimum Gasteiger partial charge on any atom is -0.491 e. The molecule has 3 rings (SSSR count). The molecular formula is C24H21F3N6O2S. The van der Waals surface area contributed by atoms with Crippen LogP contribution in [0.4, 0.5) is 19.0 Å². The van der Waals surface area contributed by atoms with Gasteiger partial charge >= 0.3 is 6.61 Å². The summed E-state index contributed by atoms with van der Waals surface area (Å²) in [5.41, 5.74) is 1.71. The van der Waals surface area contributed by atoms with E-state index in [0.29, 0.717) is 27.6 Å². The van der Waals surface area contributed by atoms with Crippen molar-refractivity contribution in [3.05, 3.63) is 48.0 Å². The third-order valence-electron chi connectivity index (χ3n) is 5.04. The predicted octanol–water partition coefficient (Wildman–Crippen LogP) is 4.60. The molecule has 0 amide bonds. The number of allylic oxidation sites excluding steroid dienone is 1. The third-order valence-corrected chi connectivity index (χ3v) is 6.04. The van der Waals surface area contributed by atoms with Crippen LogP contribution >= 0.6 is 11.8 Å². The SMILES string of the molecule is C=C/C(CSc1nc(N2CC(F)C2)c(C#N)c(-c2ccc(OCCOC(F)F)cc2)c1C#N)=N\N=C. The first kappa shape index (κ1) is 26.7. The summed E-state index contributed by atoms with van der Waals surface area (Å²) >= 11 is 1.21. The third kappa shape index (κ3) is 6.42. The lowest BCUT2D eigenvalue weighted by molar-refractivity contribution is -0.133. The monoisotopic (exact) mass is 514 g/mol. The molecule has 2 aromatic rings. The second kappa shape index (κ2) is 12.7. The lowest BCUT2D eigenvalue weighted by Crippen LogP contribution is -2.49. The zero-order valence-electron chi connectivity index (χ0n) is 19.0. The summed E-state index contributed by atoms with van der Waals surface area (Å²) in [5.74, 6) is 0.962. The van der Waals surface area contributed by atoms with E-state index in [9.17, 15) is 23.7 Å². The van der Waals surface area contributed by atoms with E-state index in [1.807, 2.05) is 0 Å². The highest BCUT2D eigenvalue weighted by Crippen LogP contribution is 2.39. The van der Waals surface area contributed by atoms with Gasteiger partial charge in [-0.3, -0.25) is 0 Å². The van der Waals surface area contributed by atoms with Crippen molar-refractivity contribution in [1.29, 1.82) is 10.5 Å². The number of rotatable bonds is 12. The van der Waals surface area contributed by atoms with Crippen LogP contribution in [0.3, 0.4) is 0 Å². The molecule has 0 radical (unpaired) electrons. The Hall–Kier alpha value is -3.87. The fourth-order valence-electron chi connectivity index (χ4n) is 3.36. The highest BCUT2D eigenvalue weighted by Gasteiger charge is 2.32. The van der Waals surface area contributed by atoms with Gasteiger partial charge in [0.2, 0.25) is 0 Å². The van der Waals surface area contributed by atoms with Crippen molar-refractivity contribution >= 4 is 30.0 Å². The van der Waals surface area contributed by atoms with Gasteiger partial charge in [0.15, 0.2) is 0 Å². The molecule has 2 heterocycles. The molecule has 0 aliphatic carbocycles. The molecule has 0 unspecified atom stereocenters. The van der Waals surface area contributed by atoms with E-state index in [1.54, 1.807) is 29.2 Å². The normalized spacial score (nSPS) is 13.6. The molecule has 1 saturated heterocycles. The molecule has 1 aliphatic rings. The Bertz CT molecular complexity index is 1220. The maximum absolute atomic E-state index is 13.6. The van der Waals surface area contributed by atoms with E-state index in [2.05, 4.69) is 45.4 Å². The van der Waals surface area contributed by atoms with Gasteiger partial charge in [-0.1, -0.05) is 30.5 Å². The molecule has 1 aliphatic heterocycles. The average molecular weight is 515 g/mol. The number of alkyl halides is 3. The Labute approximate surface area is 210 Å². The maximum atomic E-state index is 13.6. The fraction of sp³-hybridized carbons (Fsp3) is 0.292. The van der Waals surface area contributed by atoms with Crippen LogP contribution in [0, 0.1) is 22.7 Å². The van der Waals surface area contributed by atoms with Gasteiger partial charge in [-0.05, 0) is 23.8 Å². The van der Waals surface area contributed by atoms with Crippen LogP contribution in [0.1, 0.15) is 11.1 Å². The van der Waals surface area contributed by atoms with Crippen molar-refractivity contribution in [1.82, 2.24) is 4.98 Å². The standard InChI is InChI=1S/C24H21F3N6O2S/c1-3-17(32-30-2)14-36-23-20(11-29)21(19(10-28)22(31-23)33-12-16(25)13-33)15-4-6-18(7-5-15)34-8-9-35-24(26)27/h3-7,16,24H,1-2,8-9,12-14H2/b32-17+. The van der Waals surface area contributed by atoms with E-state index in [1.165, 1.54) is 17.8 Å². The summed E-state index contributed by atoms with van der Waals surface area (Å²) in [5, 5.41) is 27.7. The predicted molar refractivity (Wildman–Crippen MR) is 132 cm³/mol. The Morgan fingerprint density at radius 3 is 2.47 bits per heavy atom. The lowest BCUT2D eigenvalue weighted by atomic mass is 9.95. The molecular weight excluding hydrogens is 493 g/mol. The molecule has 0 atom stereocenters. The zero-order valence-corrected chi connectivity index (χ0v) is 19.8. The van der Waals surface area contributed by atoms with Crippen LogP contribution in [-0.2, 0) is 4.74 Å². The summed E-state index contributed by atoms with van der Waals surface area (Å²) < 4.78 is 47.4. The number of pyridine rings is 1. The van der Waals surface area contributed by atoms with E-state index >= 15 is 0 Å². The molecule has 0 bridgehead atoms. The van der Waals surface area contributed by atoms with Crippen LogP contribution in [0.25, 0.3) is 11.1 Å². The second-order valence-corrected chi connectivity index (χ2v) is 8.29. The first-order valence-electron chi connectivity index (χ1n) is 10.6. The number of hydrogen-bond acceptors (Lipinski definition) is 9. The molecule has 12 heteroatoms. The summed E-state index contributed by atoms with van der Waals surface area (Å²) in [6.45, 7) is 3.94. The molecule has 8 nitrogen and oxygen atoms in total. The minimum atomic E-state index is -2.88. The van der Waals surface area contributed by atoms with Crippen molar-refractivity contribution < 1.29 is 22.6 Å². The smallest absolute Gasteiger partial charge is 0.345 e. The summed E-state index contributed by atoms with van der Waals surface area (Å²) in [7, 11) is 0. The van der Waals surface area contributed by atoms with Crippen molar-refractivity contribution in [3.63, 3.8) is 0 Å². The number of benzene rings is 1. The molecule has 0 spiro atoms. The maximum Gasteiger partial charge on any atom is 0.345 e. The number of hydrogen-bond donors (Lipinski definition) is 0. The molecule has 1 aromatic heterocycles. The number of ether oxygens (including phenoxy) is 2. The van der Waals surface area contributed by atoms with Gasteiger partial charge in [0.25, 0.3) is 0 Å². The van der Waals surface area contributed by atoms with Gasteiger partial charge in [-0.15, -0.1) is 0 Å². The average Bonchev–Trinajstić information content (AvgIpc) is 2.86. The Morgan fingerprint density at radius 1 is 1.22 bits per heavy atom. The Kier molecular flexibility index (Phi) is 9.45.